The number of hydrogen-bond acceptors (Lipinski definition) is 5. The molecule has 0 bridgehead atoms. The van der Waals surface area contributed by atoms with Crippen LogP contribution >= 0.6 is 0 Å². The van der Waals surface area contributed by atoms with Crippen LogP contribution in [0.15, 0.2) is 36.7 Å². The largest absolute Gasteiger partial charge is 0.467 e. The zero-order valence-corrected chi connectivity index (χ0v) is 12.5. The average molecular weight is 298 g/mol. The summed E-state index contributed by atoms with van der Waals surface area (Å²) in [6.07, 6.45) is 4.46. The van der Waals surface area contributed by atoms with Crippen molar-refractivity contribution in [2.24, 2.45) is 0 Å². The highest BCUT2D eigenvalue weighted by Crippen LogP contribution is 2.30. The van der Waals surface area contributed by atoms with Gasteiger partial charge in [0.25, 0.3) is 0 Å². The van der Waals surface area contributed by atoms with Crippen LogP contribution < -0.4 is 9.64 Å². The number of carbonyl (C=O) groups is 1. The second kappa shape index (κ2) is 6.43. The van der Waals surface area contributed by atoms with Gasteiger partial charge in [-0.15, -0.1) is 0 Å². The number of anilines is 1. The molecule has 1 aromatic heterocycles. The molecular formula is C16H18N4O2. The molecule has 1 aliphatic rings. The number of rotatable bonds is 4. The predicted molar refractivity (Wildman–Crippen MR) is 83.9 cm³/mol. The van der Waals surface area contributed by atoms with Crippen LogP contribution in [0.25, 0.3) is 11.1 Å². The third-order valence-corrected chi connectivity index (χ3v) is 3.83. The molecule has 0 unspecified atom stereocenters. The Morgan fingerprint density at radius 1 is 1.09 bits per heavy atom. The Hall–Kier alpha value is -2.63. The van der Waals surface area contributed by atoms with E-state index in [1.165, 1.54) is 0 Å². The summed E-state index contributed by atoms with van der Waals surface area (Å²) in [5.74, 6) is 0. The van der Waals surface area contributed by atoms with Gasteiger partial charge in [-0.05, 0) is 6.07 Å². The van der Waals surface area contributed by atoms with Crippen LogP contribution in [0.2, 0.25) is 0 Å². The minimum atomic E-state index is 0.362. The van der Waals surface area contributed by atoms with Gasteiger partial charge in [-0.1, -0.05) is 18.2 Å². The van der Waals surface area contributed by atoms with Crippen LogP contribution in [0.3, 0.4) is 0 Å². The monoisotopic (exact) mass is 298 g/mol. The highest BCUT2D eigenvalue weighted by Gasteiger charge is 2.18. The number of carbonyl (C=O) groups excluding carboxylic acids is 1. The number of benzene rings is 1. The van der Waals surface area contributed by atoms with Crippen molar-refractivity contribution >= 4 is 12.1 Å². The van der Waals surface area contributed by atoms with Crippen molar-refractivity contribution in [3.63, 3.8) is 0 Å². The van der Waals surface area contributed by atoms with Crippen LogP contribution in [0, 0.1) is 0 Å². The quantitative estimate of drug-likeness (QED) is 0.799. The maximum Gasteiger partial charge on any atom is 0.316 e. The van der Waals surface area contributed by atoms with Crippen LogP contribution in [-0.2, 0) is 4.79 Å². The fourth-order valence-electron chi connectivity index (χ4n) is 2.62. The van der Waals surface area contributed by atoms with Gasteiger partial charge in [0.15, 0.2) is 0 Å². The lowest BCUT2D eigenvalue weighted by atomic mass is 10.1. The summed E-state index contributed by atoms with van der Waals surface area (Å²) >= 11 is 0. The molecule has 0 radical (unpaired) electrons. The number of methoxy groups -OCH3 is 1. The van der Waals surface area contributed by atoms with Gasteiger partial charge < -0.3 is 14.5 Å². The van der Waals surface area contributed by atoms with Crippen LogP contribution in [0.1, 0.15) is 0 Å². The molecule has 0 aliphatic carbocycles. The van der Waals surface area contributed by atoms with E-state index < -0.39 is 0 Å². The molecule has 114 valence electrons. The number of piperazine rings is 1. The molecule has 0 N–H and O–H groups in total. The SMILES string of the molecule is COc1ncc(-c2ccccc2N2CCN(C=O)CC2)cn1. The first-order valence-corrected chi connectivity index (χ1v) is 7.21. The summed E-state index contributed by atoms with van der Waals surface area (Å²) in [7, 11) is 1.55. The summed E-state index contributed by atoms with van der Waals surface area (Å²) < 4.78 is 5.00. The van der Waals surface area contributed by atoms with E-state index in [1.54, 1.807) is 24.4 Å². The Morgan fingerprint density at radius 2 is 1.77 bits per heavy atom. The number of para-hydroxylation sites is 1. The number of aromatic nitrogens is 2. The second-order valence-electron chi connectivity index (χ2n) is 5.10. The Morgan fingerprint density at radius 3 is 2.41 bits per heavy atom. The smallest absolute Gasteiger partial charge is 0.316 e. The molecule has 2 heterocycles. The minimum Gasteiger partial charge on any atom is -0.467 e. The predicted octanol–water partition coefficient (Wildman–Crippen LogP) is 1.43. The molecule has 0 atom stereocenters. The molecule has 6 nitrogen and oxygen atoms in total. The van der Waals surface area contributed by atoms with Gasteiger partial charge in [0.1, 0.15) is 0 Å². The van der Waals surface area contributed by atoms with Gasteiger partial charge in [-0.3, -0.25) is 4.79 Å². The molecule has 22 heavy (non-hydrogen) atoms. The lowest BCUT2D eigenvalue weighted by Gasteiger charge is -2.35. The molecule has 1 aliphatic heterocycles. The van der Waals surface area contributed by atoms with E-state index in [-0.39, 0.29) is 0 Å². The standard InChI is InChI=1S/C16H18N4O2/c1-22-16-17-10-13(11-18-16)14-4-2-3-5-15(14)20-8-6-19(12-21)7-9-20/h2-5,10-12H,6-9H2,1H3. The zero-order chi connectivity index (χ0) is 15.4. The average Bonchev–Trinajstić information content (AvgIpc) is 2.62. The van der Waals surface area contributed by atoms with Gasteiger partial charge in [-0.2, -0.15) is 0 Å². The maximum atomic E-state index is 10.8. The molecule has 1 aromatic carbocycles. The highest BCUT2D eigenvalue weighted by atomic mass is 16.5. The summed E-state index contributed by atoms with van der Waals surface area (Å²) in [5.41, 5.74) is 3.18. The Labute approximate surface area is 129 Å². The molecule has 1 saturated heterocycles. The van der Waals surface area contributed by atoms with Gasteiger partial charge >= 0.3 is 6.01 Å². The molecule has 1 fully saturated rings. The third kappa shape index (κ3) is 2.86. The van der Waals surface area contributed by atoms with E-state index in [0.29, 0.717) is 6.01 Å². The maximum absolute atomic E-state index is 10.8. The summed E-state index contributed by atoms with van der Waals surface area (Å²) in [6.45, 7) is 3.15. The van der Waals surface area contributed by atoms with Gasteiger partial charge in [0.05, 0.1) is 7.11 Å². The third-order valence-electron chi connectivity index (χ3n) is 3.83. The lowest BCUT2D eigenvalue weighted by molar-refractivity contribution is -0.118. The number of ether oxygens (including phenoxy) is 1. The summed E-state index contributed by atoms with van der Waals surface area (Å²) in [6, 6.07) is 8.55. The Balaban J connectivity index is 1.88. The van der Waals surface area contributed by atoms with Crippen LogP contribution in [0.4, 0.5) is 5.69 Å². The van der Waals surface area contributed by atoms with Crippen molar-refractivity contribution in [2.75, 3.05) is 38.2 Å². The van der Waals surface area contributed by atoms with Crippen molar-refractivity contribution in [2.45, 2.75) is 0 Å². The molecule has 3 rings (SSSR count). The van der Waals surface area contributed by atoms with E-state index in [1.807, 2.05) is 12.1 Å². The molecule has 0 saturated carbocycles. The van der Waals surface area contributed by atoms with Crippen molar-refractivity contribution in [1.82, 2.24) is 14.9 Å². The summed E-state index contributed by atoms with van der Waals surface area (Å²) in [5, 5.41) is 0. The van der Waals surface area contributed by atoms with Crippen molar-refractivity contribution < 1.29 is 9.53 Å². The van der Waals surface area contributed by atoms with Gasteiger partial charge in [0.2, 0.25) is 6.41 Å². The summed E-state index contributed by atoms with van der Waals surface area (Å²) in [4.78, 5) is 23.3. The van der Waals surface area contributed by atoms with E-state index in [0.717, 1.165) is 49.4 Å². The first kappa shape index (κ1) is 14.3. The number of hydrogen-bond donors (Lipinski definition) is 0. The fourth-order valence-corrected chi connectivity index (χ4v) is 2.62. The Kier molecular flexibility index (Phi) is 4.18. The van der Waals surface area contributed by atoms with Crippen LogP contribution in [-0.4, -0.2) is 54.6 Å². The second-order valence-corrected chi connectivity index (χ2v) is 5.10. The van der Waals surface area contributed by atoms with E-state index >= 15 is 0 Å². The number of amides is 1. The first-order chi connectivity index (χ1) is 10.8. The first-order valence-electron chi connectivity index (χ1n) is 7.21. The van der Waals surface area contributed by atoms with E-state index in [2.05, 4.69) is 27.0 Å². The molecule has 1 amide bonds. The molecule has 6 heteroatoms. The molecular weight excluding hydrogens is 280 g/mol. The van der Waals surface area contributed by atoms with E-state index in [9.17, 15) is 4.79 Å². The topological polar surface area (TPSA) is 58.6 Å². The van der Waals surface area contributed by atoms with Crippen molar-refractivity contribution in [3.8, 4) is 17.1 Å². The molecule has 2 aromatic rings. The number of nitrogens with zero attached hydrogens (tertiary/aromatic N) is 4. The normalized spacial score (nSPS) is 14.8. The van der Waals surface area contributed by atoms with Gasteiger partial charge in [0, 0.05) is 55.4 Å². The van der Waals surface area contributed by atoms with Crippen LogP contribution in [0.5, 0.6) is 6.01 Å². The minimum absolute atomic E-state index is 0.362. The van der Waals surface area contributed by atoms with Crippen molar-refractivity contribution in [1.29, 1.82) is 0 Å². The van der Waals surface area contributed by atoms with E-state index in [4.69, 9.17) is 4.74 Å². The Bertz CT molecular complexity index is 637. The van der Waals surface area contributed by atoms with Gasteiger partial charge in [-0.25, -0.2) is 9.97 Å². The fraction of sp³-hybridized carbons (Fsp3) is 0.312. The highest BCUT2D eigenvalue weighted by molar-refractivity contribution is 5.78. The van der Waals surface area contributed by atoms with Crippen molar-refractivity contribution in [3.05, 3.63) is 36.7 Å². The zero-order valence-electron chi connectivity index (χ0n) is 12.5. The lowest BCUT2D eigenvalue weighted by Crippen LogP contribution is -2.45. The molecule has 0 spiro atoms.